The van der Waals surface area contributed by atoms with Crippen LogP contribution in [0.1, 0.15) is 0 Å². The van der Waals surface area contributed by atoms with Crippen LogP contribution in [0.25, 0.3) is 10.9 Å². The highest BCUT2D eigenvalue weighted by atomic mass is 35.5. The minimum Gasteiger partial charge on any atom is -0.478 e. The number of fused-ring (bicyclic) bond motifs is 1. The first kappa shape index (κ1) is 21.8. The minimum atomic E-state index is -4.22. The maximum Gasteiger partial charge on any atom is 0.427 e. The van der Waals surface area contributed by atoms with Gasteiger partial charge >= 0.3 is 6.11 Å². The lowest BCUT2D eigenvalue weighted by molar-refractivity contribution is -0.188. The molecule has 3 rings (SSSR count). The van der Waals surface area contributed by atoms with Crippen LogP contribution in [-0.4, -0.2) is 50.4 Å². The molecule has 0 atom stereocenters. The van der Waals surface area contributed by atoms with E-state index in [4.69, 9.17) is 21.1 Å². The zero-order valence-electron chi connectivity index (χ0n) is 15.4. The summed E-state index contributed by atoms with van der Waals surface area (Å²) in [5.74, 6) is -2.55. The van der Waals surface area contributed by atoms with Crippen molar-refractivity contribution < 1.29 is 35.8 Å². The van der Waals surface area contributed by atoms with E-state index in [1.54, 1.807) is 0 Å². The molecule has 30 heavy (non-hydrogen) atoms. The molecule has 1 aromatic carbocycles. The molecule has 0 fully saturated rings. The third kappa shape index (κ3) is 4.31. The molecular formula is C16H14ClF3N4O5S. The molecule has 0 saturated heterocycles. The molecule has 3 aromatic rings. The van der Waals surface area contributed by atoms with Crippen LogP contribution in [0.5, 0.6) is 17.5 Å². The van der Waals surface area contributed by atoms with Crippen molar-refractivity contribution in [2.24, 2.45) is 0 Å². The summed E-state index contributed by atoms with van der Waals surface area (Å²) in [4.78, 5) is 10.0. The molecule has 14 heteroatoms. The number of alkyl halides is 3. The van der Waals surface area contributed by atoms with Crippen molar-refractivity contribution in [3.05, 3.63) is 29.4 Å². The van der Waals surface area contributed by atoms with Gasteiger partial charge < -0.3 is 19.2 Å². The summed E-state index contributed by atoms with van der Waals surface area (Å²) >= 11 is 5.89. The van der Waals surface area contributed by atoms with Crippen molar-refractivity contribution in [2.45, 2.75) is 11.0 Å². The first-order valence-corrected chi connectivity index (χ1v) is 9.88. The Labute approximate surface area is 173 Å². The highest BCUT2D eigenvalue weighted by molar-refractivity contribution is 7.93. The van der Waals surface area contributed by atoms with E-state index in [-0.39, 0.29) is 4.90 Å². The van der Waals surface area contributed by atoms with Gasteiger partial charge in [-0.25, -0.2) is 17.5 Å². The molecule has 0 aliphatic carbocycles. The van der Waals surface area contributed by atoms with Crippen LogP contribution in [-0.2, 0) is 10.0 Å². The van der Waals surface area contributed by atoms with Gasteiger partial charge in [-0.15, -0.1) is 0 Å². The molecule has 162 valence electrons. The van der Waals surface area contributed by atoms with Crippen molar-refractivity contribution in [2.75, 3.05) is 25.6 Å². The van der Waals surface area contributed by atoms with Crippen LogP contribution in [0.4, 0.5) is 19.1 Å². The normalized spacial score (nSPS) is 12.1. The topological polar surface area (TPSA) is 115 Å². The average molecular weight is 467 g/mol. The number of hydrogen-bond donors (Lipinski definition) is 2. The fourth-order valence-electron chi connectivity index (χ4n) is 2.47. The number of benzene rings is 1. The van der Waals surface area contributed by atoms with Crippen LogP contribution in [0.15, 0.2) is 29.3 Å². The van der Waals surface area contributed by atoms with Gasteiger partial charge in [0.25, 0.3) is 21.8 Å². The standard InChI is InChI=1S/C16H14ClF3N4O5S/c1-27-13-12(29-16(19,20)7-18)14(28-2)23-15(22-13)24-30(25,26)11-6-21-10-5-8(17)3-4-9(10)11/h3-6,21H,7H2,1-2H3,(H,22,23,24). The number of nitrogens with zero attached hydrogens (tertiary/aromatic N) is 2. The number of H-pyrrole nitrogens is 1. The van der Waals surface area contributed by atoms with E-state index in [0.29, 0.717) is 15.9 Å². The fourth-order valence-corrected chi connectivity index (χ4v) is 3.76. The van der Waals surface area contributed by atoms with Gasteiger partial charge in [-0.1, -0.05) is 11.6 Å². The minimum absolute atomic E-state index is 0.139. The lowest BCUT2D eigenvalue weighted by atomic mass is 10.2. The number of sulfonamides is 1. The molecule has 0 aliphatic heterocycles. The van der Waals surface area contributed by atoms with E-state index < -0.39 is 46.3 Å². The lowest BCUT2D eigenvalue weighted by Crippen LogP contribution is -2.28. The summed E-state index contributed by atoms with van der Waals surface area (Å²) in [5, 5.41) is 0.744. The first-order chi connectivity index (χ1) is 14.1. The molecule has 0 saturated carbocycles. The summed E-state index contributed by atoms with van der Waals surface area (Å²) in [5.41, 5.74) is 0.469. The van der Waals surface area contributed by atoms with E-state index in [1.807, 2.05) is 0 Å². The second kappa shape index (κ2) is 8.07. The monoisotopic (exact) mass is 466 g/mol. The number of aromatic nitrogens is 3. The smallest absolute Gasteiger partial charge is 0.427 e. The maximum absolute atomic E-state index is 13.3. The molecule has 0 bridgehead atoms. The van der Waals surface area contributed by atoms with E-state index in [2.05, 4.69) is 24.4 Å². The van der Waals surface area contributed by atoms with Gasteiger partial charge in [0.05, 0.1) is 14.2 Å². The third-order valence-electron chi connectivity index (χ3n) is 3.72. The number of halogens is 4. The highest BCUT2D eigenvalue weighted by Gasteiger charge is 2.36. The Morgan fingerprint density at radius 2 is 1.83 bits per heavy atom. The van der Waals surface area contributed by atoms with Crippen LogP contribution in [0, 0.1) is 0 Å². The van der Waals surface area contributed by atoms with E-state index in [9.17, 15) is 21.6 Å². The Kier molecular flexibility index (Phi) is 5.85. The van der Waals surface area contributed by atoms with Gasteiger partial charge in [0.15, 0.2) is 6.67 Å². The Morgan fingerprint density at radius 1 is 1.20 bits per heavy atom. The van der Waals surface area contributed by atoms with Gasteiger partial charge in [-0.3, -0.25) is 0 Å². The van der Waals surface area contributed by atoms with Crippen LogP contribution < -0.4 is 18.9 Å². The Balaban J connectivity index is 2.01. The summed E-state index contributed by atoms with van der Waals surface area (Å²) in [6, 6.07) is 4.55. The van der Waals surface area contributed by atoms with Crippen molar-refractivity contribution in [1.29, 1.82) is 0 Å². The zero-order chi connectivity index (χ0) is 22.1. The Morgan fingerprint density at radius 3 is 2.40 bits per heavy atom. The van der Waals surface area contributed by atoms with Crippen LogP contribution in [0.3, 0.4) is 0 Å². The molecule has 0 spiro atoms. The van der Waals surface area contributed by atoms with Crippen LogP contribution in [0.2, 0.25) is 5.02 Å². The number of ether oxygens (including phenoxy) is 3. The van der Waals surface area contributed by atoms with Gasteiger partial charge in [0.1, 0.15) is 4.90 Å². The molecule has 2 N–H and O–H groups in total. The first-order valence-electron chi connectivity index (χ1n) is 8.02. The zero-order valence-corrected chi connectivity index (χ0v) is 16.9. The predicted octanol–water partition coefficient (Wildman–Crippen LogP) is 3.37. The molecule has 2 heterocycles. The van der Waals surface area contributed by atoms with Crippen molar-refractivity contribution in [1.82, 2.24) is 15.0 Å². The predicted molar refractivity (Wildman–Crippen MR) is 101 cm³/mol. The summed E-state index contributed by atoms with van der Waals surface area (Å²) in [6.07, 6.45) is -2.96. The van der Waals surface area contributed by atoms with Crippen LogP contribution >= 0.6 is 11.6 Å². The molecule has 2 aromatic heterocycles. The number of hydrogen-bond acceptors (Lipinski definition) is 7. The van der Waals surface area contributed by atoms with E-state index in [1.165, 1.54) is 24.4 Å². The average Bonchev–Trinajstić information content (AvgIpc) is 3.12. The van der Waals surface area contributed by atoms with E-state index >= 15 is 0 Å². The summed E-state index contributed by atoms with van der Waals surface area (Å²) in [7, 11) is -2.10. The number of aromatic amines is 1. The second-order valence-electron chi connectivity index (χ2n) is 5.72. The van der Waals surface area contributed by atoms with Gasteiger partial charge in [0, 0.05) is 22.1 Å². The third-order valence-corrected chi connectivity index (χ3v) is 5.32. The largest absolute Gasteiger partial charge is 0.478 e. The molecule has 9 nitrogen and oxygen atoms in total. The fraction of sp³-hybridized carbons (Fsp3) is 0.250. The van der Waals surface area contributed by atoms with Crippen molar-refractivity contribution in [3.63, 3.8) is 0 Å². The van der Waals surface area contributed by atoms with Crippen molar-refractivity contribution in [3.8, 4) is 17.5 Å². The SMILES string of the molecule is COc1nc(NS(=O)(=O)c2c[nH]c3cc(Cl)ccc23)nc(OC)c1OC(F)(F)CF. The molecule has 0 unspecified atom stereocenters. The van der Waals surface area contributed by atoms with Gasteiger partial charge in [0.2, 0.25) is 11.7 Å². The summed E-state index contributed by atoms with van der Waals surface area (Å²) in [6.45, 7) is -2.13. The molecule has 0 amide bonds. The number of anilines is 1. The van der Waals surface area contributed by atoms with Gasteiger partial charge in [-0.05, 0) is 18.2 Å². The number of methoxy groups -OCH3 is 2. The molecular weight excluding hydrogens is 453 g/mol. The molecule has 0 aliphatic rings. The van der Waals surface area contributed by atoms with E-state index in [0.717, 1.165) is 14.2 Å². The van der Waals surface area contributed by atoms with Crippen molar-refractivity contribution >= 4 is 38.5 Å². The molecule has 0 radical (unpaired) electrons. The second-order valence-corrected chi connectivity index (χ2v) is 7.80. The maximum atomic E-state index is 13.3. The number of nitrogens with one attached hydrogen (secondary N) is 2. The van der Waals surface area contributed by atoms with Gasteiger partial charge in [-0.2, -0.15) is 18.7 Å². The quantitative estimate of drug-likeness (QED) is 0.523. The Hall–Kier alpha value is -2.93. The Bertz CT molecular complexity index is 1160. The summed E-state index contributed by atoms with van der Waals surface area (Å²) < 4.78 is 80.7. The number of rotatable bonds is 8. The lowest BCUT2D eigenvalue weighted by Gasteiger charge is -2.18. The highest BCUT2D eigenvalue weighted by Crippen LogP contribution is 2.39.